The average molecular weight is 285 g/mol. The van der Waals surface area contributed by atoms with Crippen LogP contribution in [0.1, 0.15) is 56.5 Å². The second-order valence-corrected chi connectivity index (χ2v) is 5.86. The van der Waals surface area contributed by atoms with Crippen molar-refractivity contribution >= 4 is 5.82 Å². The maximum atomic E-state index is 4.59. The third kappa shape index (κ3) is 2.52. The van der Waals surface area contributed by atoms with E-state index >= 15 is 0 Å². The van der Waals surface area contributed by atoms with Gasteiger partial charge < -0.3 is 5.32 Å². The normalized spacial score (nSPS) is 14.3. The van der Waals surface area contributed by atoms with Gasteiger partial charge in [-0.3, -0.25) is 4.57 Å². The maximum absolute atomic E-state index is 4.59. The van der Waals surface area contributed by atoms with Crippen molar-refractivity contribution < 1.29 is 0 Å². The van der Waals surface area contributed by atoms with Gasteiger partial charge in [-0.25, -0.2) is 15.0 Å². The zero-order valence-electron chi connectivity index (χ0n) is 13.1. The topological polar surface area (TPSA) is 55.6 Å². The molecule has 112 valence electrons. The number of hydrogen-bond acceptors (Lipinski definition) is 4. The summed E-state index contributed by atoms with van der Waals surface area (Å²) >= 11 is 0. The predicted molar refractivity (Wildman–Crippen MR) is 84.0 cm³/mol. The van der Waals surface area contributed by atoms with Crippen molar-refractivity contribution in [2.45, 2.75) is 52.4 Å². The molecule has 0 aliphatic heterocycles. The molecule has 5 nitrogen and oxygen atoms in total. The Labute approximate surface area is 125 Å². The molecule has 0 bridgehead atoms. The van der Waals surface area contributed by atoms with Crippen molar-refractivity contribution in [3.63, 3.8) is 0 Å². The van der Waals surface area contributed by atoms with Crippen LogP contribution < -0.4 is 5.32 Å². The molecule has 0 spiro atoms. The van der Waals surface area contributed by atoms with Gasteiger partial charge in [0.1, 0.15) is 24.3 Å². The van der Waals surface area contributed by atoms with Crippen LogP contribution in [0.25, 0.3) is 5.82 Å². The van der Waals surface area contributed by atoms with Crippen molar-refractivity contribution in [2.75, 3.05) is 11.9 Å². The highest BCUT2D eigenvalue weighted by Gasteiger charge is 2.21. The van der Waals surface area contributed by atoms with Crippen molar-refractivity contribution in [3.8, 4) is 5.82 Å². The lowest BCUT2D eigenvalue weighted by atomic mass is 10.0. The number of aromatic nitrogens is 4. The first-order valence-corrected chi connectivity index (χ1v) is 7.86. The van der Waals surface area contributed by atoms with E-state index in [9.17, 15) is 0 Å². The lowest BCUT2D eigenvalue weighted by Crippen LogP contribution is -2.13. The molecule has 0 amide bonds. The Kier molecular flexibility index (Phi) is 3.90. The van der Waals surface area contributed by atoms with Crippen molar-refractivity contribution in [1.82, 2.24) is 19.5 Å². The summed E-state index contributed by atoms with van der Waals surface area (Å²) in [6.07, 6.45) is 8.24. The van der Waals surface area contributed by atoms with Crippen molar-refractivity contribution in [2.24, 2.45) is 0 Å². The highest BCUT2D eigenvalue weighted by molar-refractivity contribution is 5.54. The standard InChI is InChI=1S/C16H23N5/c1-4-17-15-14(11(2)3)16(19-9-18-15)21-10-20-12-7-5-6-8-13(12)21/h9-11H,4-8H2,1-3H3,(H,17,18,19). The van der Waals surface area contributed by atoms with E-state index in [0.717, 1.165) is 31.0 Å². The molecule has 2 aromatic rings. The quantitative estimate of drug-likeness (QED) is 0.938. The Balaban J connectivity index is 2.13. The summed E-state index contributed by atoms with van der Waals surface area (Å²) in [5.41, 5.74) is 3.73. The summed E-state index contributed by atoms with van der Waals surface area (Å²) in [4.78, 5) is 13.6. The molecule has 0 radical (unpaired) electrons. The van der Waals surface area contributed by atoms with E-state index in [4.69, 9.17) is 0 Å². The largest absolute Gasteiger partial charge is 0.370 e. The van der Waals surface area contributed by atoms with Crippen LogP contribution in [0, 0.1) is 0 Å². The summed E-state index contributed by atoms with van der Waals surface area (Å²) in [5.74, 6) is 2.28. The number of fused-ring (bicyclic) bond motifs is 1. The number of anilines is 1. The Hall–Kier alpha value is -1.91. The van der Waals surface area contributed by atoms with Gasteiger partial charge in [-0.15, -0.1) is 0 Å². The summed E-state index contributed by atoms with van der Waals surface area (Å²) < 4.78 is 2.17. The Morgan fingerprint density at radius 2 is 2.00 bits per heavy atom. The zero-order chi connectivity index (χ0) is 14.8. The second-order valence-electron chi connectivity index (χ2n) is 5.86. The first-order valence-electron chi connectivity index (χ1n) is 7.86. The lowest BCUT2D eigenvalue weighted by Gasteiger charge is -2.19. The minimum absolute atomic E-state index is 0.358. The third-order valence-corrected chi connectivity index (χ3v) is 4.04. The molecule has 1 aliphatic carbocycles. The number of hydrogen-bond donors (Lipinski definition) is 1. The Morgan fingerprint density at radius 1 is 1.19 bits per heavy atom. The van der Waals surface area contributed by atoms with Crippen LogP contribution in [0.4, 0.5) is 5.82 Å². The summed E-state index contributed by atoms with van der Waals surface area (Å²) in [6.45, 7) is 7.32. The van der Waals surface area contributed by atoms with E-state index in [2.05, 4.69) is 45.6 Å². The number of nitrogens with zero attached hydrogens (tertiary/aromatic N) is 4. The summed E-state index contributed by atoms with van der Waals surface area (Å²) in [7, 11) is 0. The summed E-state index contributed by atoms with van der Waals surface area (Å²) in [5, 5.41) is 3.36. The van der Waals surface area contributed by atoms with Crippen LogP contribution in [-0.4, -0.2) is 26.1 Å². The molecule has 0 saturated heterocycles. The van der Waals surface area contributed by atoms with E-state index in [0.29, 0.717) is 5.92 Å². The summed E-state index contributed by atoms with van der Waals surface area (Å²) in [6, 6.07) is 0. The second kappa shape index (κ2) is 5.84. The molecule has 2 aromatic heterocycles. The van der Waals surface area contributed by atoms with Crippen LogP contribution in [0.2, 0.25) is 0 Å². The van der Waals surface area contributed by atoms with Crippen LogP contribution in [0.5, 0.6) is 0 Å². The number of imidazole rings is 1. The monoisotopic (exact) mass is 285 g/mol. The number of aryl methyl sites for hydroxylation is 1. The fraction of sp³-hybridized carbons (Fsp3) is 0.562. The first-order chi connectivity index (χ1) is 10.2. The molecule has 5 heteroatoms. The molecule has 0 saturated carbocycles. The van der Waals surface area contributed by atoms with E-state index in [1.165, 1.54) is 29.8 Å². The number of rotatable bonds is 4. The molecule has 2 heterocycles. The van der Waals surface area contributed by atoms with E-state index in [1.807, 2.05) is 6.33 Å². The van der Waals surface area contributed by atoms with Gasteiger partial charge in [0.25, 0.3) is 0 Å². The molecule has 1 aliphatic rings. The van der Waals surface area contributed by atoms with Gasteiger partial charge in [0.05, 0.1) is 5.69 Å². The van der Waals surface area contributed by atoms with Gasteiger partial charge in [0.2, 0.25) is 0 Å². The van der Waals surface area contributed by atoms with Crippen molar-refractivity contribution in [1.29, 1.82) is 0 Å². The minimum Gasteiger partial charge on any atom is -0.370 e. The predicted octanol–water partition coefficient (Wildman–Crippen LogP) is 3.10. The van der Waals surface area contributed by atoms with E-state index in [1.54, 1.807) is 6.33 Å². The highest BCUT2D eigenvalue weighted by atomic mass is 15.1. The number of nitrogens with one attached hydrogen (secondary N) is 1. The van der Waals surface area contributed by atoms with Crippen LogP contribution in [0.3, 0.4) is 0 Å². The smallest absolute Gasteiger partial charge is 0.147 e. The highest BCUT2D eigenvalue weighted by Crippen LogP contribution is 2.30. The molecule has 21 heavy (non-hydrogen) atoms. The molecular formula is C16H23N5. The Bertz CT molecular complexity index is 630. The molecule has 3 rings (SSSR count). The van der Waals surface area contributed by atoms with E-state index in [-0.39, 0.29) is 0 Å². The van der Waals surface area contributed by atoms with Gasteiger partial charge in [-0.05, 0) is 38.5 Å². The molecular weight excluding hydrogens is 262 g/mol. The minimum atomic E-state index is 0.358. The fourth-order valence-corrected chi connectivity index (χ4v) is 3.07. The molecule has 0 atom stereocenters. The van der Waals surface area contributed by atoms with Crippen molar-refractivity contribution in [3.05, 3.63) is 29.6 Å². The zero-order valence-corrected chi connectivity index (χ0v) is 13.1. The Morgan fingerprint density at radius 3 is 2.76 bits per heavy atom. The third-order valence-electron chi connectivity index (χ3n) is 4.04. The van der Waals surface area contributed by atoms with Crippen LogP contribution in [-0.2, 0) is 12.8 Å². The van der Waals surface area contributed by atoms with Gasteiger partial charge in [0, 0.05) is 17.8 Å². The van der Waals surface area contributed by atoms with Crippen LogP contribution >= 0.6 is 0 Å². The molecule has 0 fully saturated rings. The fourth-order valence-electron chi connectivity index (χ4n) is 3.07. The van der Waals surface area contributed by atoms with Gasteiger partial charge >= 0.3 is 0 Å². The lowest BCUT2D eigenvalue weighted by molar-refractivity contribution is 0.651. The molecule has 0 unspecified atom stereocenters. The SMILES string of the molecule is CCNc1ncnc(-n2cnc3c2CCCC3)c1C(C)C. The van der Waals surface area contributed by atoms with E-state index < -0.39 is 0 Å². The van der Waals surface area contributed by atoms with Gasteiger partial charge in [-0.1, -0.05) is 13.8 Å². The first kappa shape index (κ1) is 14.0. The average Bonchev–Trinajstić information content (AvgIpc) is 2.91. The molecule has 0 aromatic carbocycles. The van der Waals surface area contributed by atoms with Gasteiger partial charge in [0.15, 0.2) is 0 Å². The van der Waals surface area contributed by atoms with Crippen LogP contribution in [0.15, 0.2) is 12.7 Å². The van der Waals surface area contributed by atoms with Gasteiger partial charge in [-0.2, -0.15) is 0 Å². The molecule has 1 N–H and O–H groups in total. The maximum Gasteiger partial charge on any atom is 0.147 e.